The number of nitro groups is 1. The van der Waals surface area contributed by atoms with E-state index in [-0.39, 0.29) is 10.5 Å². The highest BCUT2D eigenvalue weighted by molar-refractivity contribution is 7.91. The van der Waals surface area contributed by atoms with Gasteiger partial charge in [0.1, 0.15) is 11.4 Å². The van der Waals surface area contributed by atoms with Gasteiger partial charge in [-0.3, -0.25) is 10.1 Å². The average molecular weight is 313 g/mol. The van der Waals surface area contributed by atoms with E-state index in [2.05, 4.69) is 0 Å². The second kappa shape index (κ2) is 4.98. The van der Waals surface area contributed by atoms with E-state index in [1.54, 1.807) is 19.9 Å². The zero-order chi connectivity index (χ0) is 16.0. The van der Waals surface area contributed by atoms with Crippen LogP contribution in [-0.2, 0) is 16.3 Å². The highest BCUT2D eigenvalue weighted by Crippen LogP contribution is 2.39. The molecule has 0 radical (unpaired) electrons. The summed E-state index contributed by atoms with van der Waals surface area (Å²) >= 11 is 0. The Balaban J connectivity index is 2.60. The first-order chi connectivity index (χ1) is 9.53. The van der Waals surface area contributed by atoms with E-state index in [1.807, 2.05) is 13.8 Å². The fraction of sp³-hybridized carbons (Fsp3) is 0.571. The third-order valence-electron chi connectivity index (χ3n) is 3.75. The molecule has 1 aromatic rings. The molecule has 0 N–H and O–H groups in total. The van der Waals surface area contributed by atoms with Crippen LogP contribution in [0.25, 0.3) is 0 Å². The van der Waals surface area contributed by atoms with Crippen molar-refractivity contribution >= 4 is 9.84 Å². The van der Waals surface area contributed by atoms with Crippen LogP contribution in [0.3, 0.4) is 0 Å². The number of hydrogen-bond acceptors (Lipinski definition) is 5. The lowest BCUT2D eigenvalue weighted by molar-refractivity contribution is -0.458. The Morgan fingerprint density at radius 2 is 2.00 bits per heavy atom. The van der Waals surface area contributed by atoms with Crippen LogP contribution < -0.4 is 4.74 Å². The van der Waals surface area contributed by atoms with Gasteiger partial charge in [0.25, 0.3) is 0 Å². The van der Waals surface area contributed by atoms with E-state index in [1.165, 1.54) is 0 Å². The zero-order valence-corrected chi connectivity index (χ0v) is 13.4. The molecule has 0 amide bonds. The van der Waals surface area contributed by atoms with Crippen LogP contribution in [-0.4, -0.2) is 24.8 Å². The van der Waals surface area contributed by atoms with Crippen molar-refractivity contribution in [3.05, 3.63) is 32.9 Å². The van der Waals surface area contributed by atoms with Gasteiger partial charge in [0.15, 0.2) is 0 Å². The topological polar surface area (TPSA) is 86.5 Å². The van der Waals surface area contributed by atoms with Crippen LogP contribution in [0, 0.1) is 24.0 Å². The number of nitrogens with zero attached hydrogens (tertiary/aromatic N) is 1. The highest BCUT2D eigenvalue weighted by Gasteiger charge is 2.32. The fourth-order valence-electron chi connectivity index (χ4n) is 2.83. The zero-order valence-electron chi connectivity index (χ0n) is 12.6. The molecule has 2 rings (SSSR count). The van der Waals surface area contributed by atoms with Gasteiger partial charge in [0, 0.05) is 4.92 Å². The quantitative estimate of drug-likeness (QED) is 0.632. The Morgan fingerprint density at radius 3 is 2.57 bits per heavy atom. The fourth-order valence-corrected chi connectivity index (χ4v) is 4.37. The van der Waals surface area contributed by atoms with E-state index < -0.39 is 20.6 Å². The molecule has 1 heterocycles. The van der Waals surface area contributed by atoms with Gasteiger partial charge in [-0.1, -0.05) is 0 Å². The lowest BCUT2D eigenvalue weighted by Gasteiger charge is -2.34. The molecule has 7 heteroatoms. The maximum Gasteiger partial charge on any atom is 0.305 e. The molecule has 1 aliphatic rings. The number of rotatable bonds is 3. The van der Waals surface area contributed by atoms with E-state index >= 15 is 0 Å². The first-order valence-electron chi connectivity index (χ1n) is 6.70. The van der Waals surface area contributed by atoms with Gasteiger partial charge >= 0.3 is 5.88 Å². The van der Waals surface area contributed by atoms with Gasteiger partial charge in [0.05, 0.1) is 4.90 Å². The summed E-state index contributed by atoms with van der Waals surface area (Å²) in [5, 5.41) is 10.6. The van der Waals surface area contributed by atoms with Crippen molar-refractivity contribution in [3.63, 3.8) is 0 Å². The molecular weight excluding hydrogens is 294 g/mol. The van der Waals surface area contributed by atoms with Crippen LogP contribution in [0.15, 0.2) is 11.0 Å². The molecule has 1 aliphatic heterocycles. The number of aryl methyl sites for hydroxylation is 1. The molecular formula is C14H19NO5S. The van der Waals surface area contributed by atoms with Gasteiger partial charge < -0.3 is 4.74 Å². The van der Waals surface area contributed by atoms with E-state index in [0.717, 1.165) is 12.0 Å². The number of sulfone groups is 1. The van der Waals surface area contributed by atoms with Gasteiger partial charge in [-0.15, -0.1) is 0 Å². The summed E-state index contributed by atoms with van der Waals surface area (Å²) in [5.41, 5.74) is 1.61. The number of benzene rings is 1. The molecule has 0 aromatic heterocycles. The molecule has 0 bridgehead atoms. The predicted molar refractivity (Wildman–Crippen MR) is 78.0 cm³/mol. The van der Waals surface area contributed by atoms with Crippen LogP contribution in [0.2, 0.25) is 0 Å². The maximum atomic E-state index is 12.2. The Hall–Kier alpha value is -1.63. The molecule has 0 saturated carbocycles. The maximum absolute atomic E-state index is 12.2. The summed E-state index contributed by atoms with van der Waals surface area (Å²) in [4.78, 5) is 9.84. The first kappa shape index (κ1) is 15.8. The predicted octanol–water partition coefficient (Wildman–Crippen LogP) is 2.41. The van der Waals surface area contributed by atoms with Gasteiger partial charge in [-0.25, -0.2) is 8.42 Å². The van der Waals surface area contributed by atoms with Gasteiger partial charge in [-0.05, 0) is 63.3 Å². The summed E-state index contributed by atoms with van der Waals surface area (Å²) in [6, 6.07) is 1.68. The second-order valence-electron chi connectivity index (χ2n) is 6.06. The first-order valence-corrected chi connectivity index (χ1v) is 8.35. The molecule has 0 atom stereocenters. The number of fused-ring (bicyclic) bond motifs is 1. The lowest BCUT2D eigenvalue weighted by atomic mass is 9.91. The Labute approximate surface area is 124 Å². The van der Waals surface area contributed by atoms with Crippen LogP contribution in [0.4, 0.5) is 0 Å². The molecule has 116 valence electrons. The SMILES string of the molecule is Cc1cc2c(c(C)c1S(=O)(=O)C[N+](=O)[O-])CCC(C)(C)O2. The third-order valence-corrected chi connectivity index (χ3v) is 5.55. The summed E-state index contributed by atoms with van der Waals surface area (Å²) in [5.74, 6) is -0.402. The normalized spacial score (nSPS) is 17.0. The van der Waals surface area contributed by atoms with Crippen molar-refractivity contribution in [2.45, 2.75) is 51.0 Å². The van der Waals surface area contributed by atoms with E-state index in [9.17, 15) is 18.5 Å². The van der Waals surface area contributed by atoms with Gasteiger partial charge in [-0.2, -0.15) is 0 Å². The molecule has 0 saturated heterocycles. The average Bonchev–Trinajstić information content (AvgIpc) is 2.23. The minimum Gasteiger partial charge on any atom is -0.488 e. The molecule has 21 heavy (non-hydrogen) atoms. The summed E-state index contributed by atoms with van der Waals surface area (Å²) < 4.78 is 30.3. The molecule has 0 aliphatic carbocycles. The number of hydrogen-bond donors (Lipinski definition) is 0. The van der Waals surface area contributed by atoms with Crippen molar-refractivity contribution in [3.8, 4) is 5.75 Å². The third kappa shape index (κ3) is 3.02. The van der Waals surface area contributed by atoms with Crippen molar-refractivity contribution in [1.82, 2.24) is 0 Å². The summed E-state index contributed by atoms with van der Waals surface area (Å²) in [6.45, 7) is 7.31. The second-order valence-corrected chi connectivity index (χ2v) is 7.96. The van der Waals surface area contributed by atoms with Crippen LogP contribution >= 0.6 is 0 Å². The highest BCUT2D eigenvalue weighted by atomic mass is 32.2. The van der Waals surface area contributed by atoms with Crippen molar-refractivity contribution in [2.24, 2.45) is 0 Å². The standard InChI is InChI=1S/C14H19NO5S/c1-9-7-12-11(5-6-14(3,4)20-12)10(2)13(9)21(18,19)8-15(16)17/h7H,5-6,8H2,1-4H3. The molecule has 0 unspecified atom stereocenters. The lowest BCUT2D eigenvalue weighted by Crippen LogP contribution is -2.33. The minimum atomic E-state index is -3.94. The van der Waals surface area contributed by atoms with Crippen LogP contribution in [0.5, 0.6) is 5.75 Å². The molecule has 0 spiro atoms. The summed E-state index contributed by atoms with van der Waals surface area (Å²) in [6.07, 6.45) is 1.48. The smallest absolute Gasteiger partial charge is 0.305 e. The van der Waals surface area contributed by atoms with Crippen molar-refractivity contribution in [1.29, 1.82) is 0 Å². The minimum absolute atomic E-state index is 0.0706. The Morgan fingerprint density at radius 1 is 1.38 bits per heavy atom. The van der Waals surface area contributed by atoms with E-state index in [4.69, 9.17) is 4.74 Å². The van der Waals surface area contributed by atoms with Gasteiger partial charge in [0.2, 0.25) is 9.84 Å². The number of ether oxygens (including phenoxy) is 1. The Bertz CT molecular complexity index is 707. The van der Waals surface area contributed by atoms with Crippen LogP contribution in [0.1, 0.15) is 37.0 Å². The molecule has 1 aromatic carbocycles. The molecule has 0 fully saturated rings. The monoisotopic (exact) mass is 313 g/mol. The summed E-state index contributed by atoms with van der Waals surface area (Å²) in [7, 11) is -3.94. The Kier molecular flexibility index (Phi) is 3.73. The van der Waals surface area contributed by atoms with E-state index in [0.29, 0.717) is 23.3 Å². The van der Waals surface area contributed by atoms with Crippen molar-refractivity contribution in [2.75, 3.05) is 5.88 Å². The largest absolute Gasteiger partial charge is 0.488 e. The molecule has 6 nitrogen and oxygen atoms in total. The van der Waals surface area contributed by atoms with Crippen molar-refractivity contribution < 1.29 is 18.1 Å².